The Morgan fingerprint density at radius 3 is 2.34 bits per heavy atom. The number of hydrogen-bond donors (Lipinski definition) is 2. The van der Waals surface area contributed by atoms with Gasteiger partial charge in [-0.1, -0.05) is 0 Å². The first kappa shape index (κ1) is 18.8. The monoisotopic (exact) mass is 454 g/mol. The molecule has 8 heteroatoms. The van der Waals surface area contributed by atoms with Crippen LogP contribution in [0.3, 0.4) is 0 Å². The van der Waals surface area contributed by atoms with Crippen molar-refractivity contribution in [2.75, 3.05) is 6.79 Å². The SMILES string of the molecule is O=C(N/N=C\c1cc2c(cc1Br)OCO2)c1ccc(Oc2ccc(O)cc2)cc1. The number of aromatic hydroxyl groups is 1. The fourth-order valence-corrected chi connectivity index (χ4v) is 3.01. The third-order valence-corrected chi connectivity index (χ3v) is 4.74. The van der Waals surface area contributed by atoms with Gasteiger partial charge >= 0.3 is 0 Å². The number of rotatable bonds is 5. The number of benzene rings is 3. The summed E-state index contributed by atoms with van der Waals surface area (Å²) in [7, 11) is 0. The van der Waals surface area contributed by atoms with Crippen molar-refractivity contribution >= 4 is 28.1 Å². The van der Waals surface area contributed by atoms with Gasteiger partial charge in [0.2, 0.25) is 6.79 Å². The third-order valence-electron chi connectivity index (χ3n) is 4.05. The molecule has 146 valence electrons. The van der Waals surface area contributed by atoms with Gasteiger partial charge in [-0.25, -0.2) is 5.43 Å². The van der Waals surface area contributed by atoms with Crippen LogP contribution in [0.25, 0.3) is 0 Å². The minimum absolute atomic E-state index is 0.165. The zero-order valence-electron chi connectivity index (χ0n) is 15.0. The second kappa shape index (κ2) is 8.24. The highest BCUT2D eigenvalue weighted by molar-refractivity contribution is 9.10. The number of hydrazone groups is 1. The molecular formula is C21H15BrN2O5. The van der Waals surface area contributed by atoms with Crippen molar-refractivity contribution in [2.45, 2.75) is 0 Å². The van der Waals surface area contributed by atoms with Gasteiger partial charge in [0, 0.05) is 15.6 Å². The van der Waals surface area contributed by atoms with Crippen LogP contribution in [0.4, 0.5) is 0 Å². The number of ether oxygens (including phenoxy) is 3. The topological polar surface area (TPSA) is 89.4 Å². The van der Waals surface area contributed by atoms with Crippen molar-refractivity contribution < 1.29 is 24.1 Å². The number of nitrogens with one attached hydrogen (secondary N) is 1. The number of carbonyl (C=O) groups is 1. The Balaban J connectivity index is 1.37. The Bertz CT molecular complexity index is 1070. The summed E-state index contributed by atoms with van der Waals surface area (Å²) in [6.07, 6.45) is 1.52. The molecule has 4 rings (SSSR count). The normalized spacial score (nSPS) is 12.2. The molecule has 2 N–H and O–H groups in total. The van der Waals surface area contributed by atoms with Gasteiger partial charge in [0.1, 0.15) is 17.2 Å². The smallest absolute Gasteiger partial charge is 0.271 e. The van der Waals surface area contributed by atoms with E-state index in [0.29, 0.717) is 28.6 Å². The Morgan fingerprint density at radius 2 is 1.66 bits per heavy atom. The van der Waals surface area contributed by atoms with Crippen LogP contribution in [0.1, 0.15) is 15.9 Å². The molecule has 1 aliphatic rings. The summed E-state index contributed by atoms with van der Waals surface area (Å²) in [6, 6.07) is 16.6. The average Bonchev–Trinajstić information content (AvgIpc) is 3.17. The quantitative estimate of drug-likeness (QED) is 0.439. The molecule has 0 radical (unpaired) electrons. The standard InChI is InChI=1S/C21H15BrN2O5/c22-18-10-20-19(27-12-28-20)9-14(18)11-23-24-21(26)13-1-5-16(6-2-13)29-17-7-3-15(25)4-8-17/h1-11,25H,12H2,(H,24,26)/b23-11-. The molecule has 29 heavy (non-hydrogen) atoms. The number of carbonyl (C=O) groups excluding carboxylic acids is 1. The highest BCUT2D eigenvalue weighted by Gasteiger charge is 2.15. The van der Waals surface area contributed by atoms with Crippen LogP contribution in [0.2, 0.25) is 0 Å². The lowest BCUT2D eigenvalue weighted by Gasteiger charge is -2.06. The van der Waals surface area contributed by atoms with E-state index in [-0.39, 0.29) is 18.4 Å². The Morgan fingerprint density at radius 1 is 1.03 bits per heavy atom. The van der Waals surface area contributed by atoms with Crippen LogP contribution in [-0.2, 0) is 0 Å². The first-order valence-corrected chi connectivity index (χ1v) is 9.37. The third kappa shape index (κ3) is 4.49. The Kier molecular flexibility index (Phi) is 5.35. The number of phenolic OH excluding ortho intramolecular Hbond substituents is 1. The molecule has 0 bridgehead atoms. The fourth-order valence-electron chi connectivity index (χ4n) is 2.58. The van der Waals surface area contributed by atoms with Gasteiger partial charge in [0.15, 0.2) is 11.5 Å². The molecule has 1 heterocycles. The number of halogens is 1. The van der Waals surface area contributed by atoms with Gasteiger partial charge in [-0.15, -0.1) is 0 Å². The zero-order valence-corrected chi connectivity index (χ0v) is 16.5. The van der Waals surface area contributed by atoms with E-state index in [1.165, 1.54) is 18.3 Å². The number of nitrogens with zero attached hydrogens (tertiary/aromatic N) is 1. The van der Waals surface area contributed by atoms with Crippen molar-refractivity contribution in [3.8, 4) is 28.7 Å². The fraction of sp³-hybridized carbons (Fsp3) is 0.0476. The summed E-state index contributed by atoms with van der Waals surface area (Å²) in [4.78, 5) is 12.3. The van der Waals surface area contributed by atoms with Gasteiger partial charge in [-0.05, 0) is 76.6 Å². The maximum absolute atomic E-state index is 12.3. The molecule has 0 spiro atoms. The summed E-state index contributed by atoms with van der Waals surface area (Å²) in [5, 5.41) is 13.3. The highest BCUT2D eigenvalue weighted by Crippen LogP contribution is 2.36. The van der Waals surface area contributed by atoms with E-state index in [2.05, 4.69) is 26.5 Å². The predicted molar refractivity (Wildman–Crippen MR) is 110 cm³/mol. The van der Waals surface area contributed by atoms with E-state index in [9.17, 15) is 9.90 Å². The van der Waals surface area contributed by atoms with E-state index >= 15 is 0 Å². The number of phenols is 1. The molecule has 7 nitrogen and oxygen atoms in total. The minimum Gasteiger partial charge on any atom is -0.508 e. The van der Waals surface area contributed by atoms with Gasteiger partial charge in [0.05, 0.1) is 6.21 Å². The van der Waals surface area contributed by atoms with Crippen molar-refractivity contribution in [1.82, 2.24) is 5.43 Å². The van der Waals surface area contributed by atoms with Gasteiger partial charge < -0.3 is 19.3 Å². The van der Waals surface area contributed by atoms with Crippen molar-refractivity contribution in [3.05, 3.63) is 76.3 Å². The molecule has 3 aromatic rings. The summed E-state index contributed by atoms with van der Waals surface area (Å²) >= 11 is 3.43. The second-order valence-corrected chi connectivity index (χ2v) is 6.90. The highest BCUT2D eigenvalue weighted by atomic mass is 79.9. The lowest BCUT2D eigenvalue weighted by atomic mass is 10.2. The summed E-state index contributed by atoms with van der Waals surface area (Å²) in [6.45, 7) is 0.186. The number of fused-ring (bicyclic) bond motifs is 1. The van der Waals surface area contributed by atoms with Crippen LogP contribution < -0.4 is 19.6 Å². The number of amides is 1. The Labute approximate surface area is 174 Å². The summed E-state index contributed by atoms with van der Waals surface area (Å²) in [5.74, 6) is 2.25. The van der Waals surface area contributed by atoms with E-state index in [0.717, 1.165) is 10.0 Å². The molecule has 0 aromatic heterocycles. The second-order valence-electron chi connectivity index (χ2n) is 6.05. The van der Waals surface area contributed by atoms with Gasteiger partial charge in [0.25, 0.3) is 5.91 Å². The van der Waals surface area contributed by atoms with E-state index in [1.807, 2.05) is 0 Å². The Hall–Kier alpha value is -3.52. The van der Waals surface area contributed by atoms with Gasteiger partial charge in [-0.2, -0.15) is 5.10 Å². The largest absolute Gasteiger partial charge is 0.508 e. The first-order chi connectivity index (χ1) is 14.1. The average molecular weight is 455 g/mol. The maximum atomic E-state index is 12.3. The lowest BCUT2D eigenvalue weighted by molar-refractivity contribution is 0.0955. The molecule has 0 atom stereocenters. The van der Waals surface area contributed by atoms with Crippen LogP contribution in [0.15, 0.2) is 70.2 Å². The van der Waals surface area contributed by atoms with Crippen LogP contribution >= 0.6 is 15.9 Å². The van der Waals surface area contributed by atoms with Crippen molar-refractivity contribution in [3.63, 3.8) is 0 Å². The van der Waals surface area contributed by atoms with E-state index in [4.69, 9.17) is 14.2 Å². The van der Waals surface area contributed by atoms with Crippen LogP contribution in [0, 0.1) is 0 Å². The van der Waals surface area contributed by atoms with Crippen molar-refractivity contribution in [1.29, 1.82) is 0 Å². The molecule has 1 aliphatic heterocycles. The summed E-state index contributed by atoms with van der Waals surface area (Å²) < 4.78 is 17.1. The first-order valence-electron chi connectivity index (χ1n) is 8.58. The summed E-state index contributed by atoms with van der Waals surface area (Å²) in [5.41, 5.74) is 3.66. The van der Waals surface area contributed by atoms with E-state index in [1.54, 1.807) is 48.5 Å². The molecule has 0 unspecified atom stereocenters. The molecule has 0 fully saturated rings. The van der Waals surface area contributed by atoms with E-state index < -0.39 is 0 Å². The van der Waals surface area contributed by atoms with Crippen LogP contribution in [-0.4, -0.2) is 24.0 Å². The van der Waals surface area contributed by atoms with Gasteiger partial charge in [-0.3, -0.25) is 4.79 Å². The van der Waals surface area contributed by atoms with Crippen molar-refractivity contribution in [2.24, 2.45) is 5.10 Å². The maximum Gasteiger partial charge on any atom is 0.271 e. The van der Waals surface area contributed by atoms with Crippen LogP contribution in [0.5, 0.6) is 28.7 Å². The molecule has 0 saturated carbocycles. The zero-order chi connectivity index (χ0) is 20.2. The molecule has 0 saturated heterocycles. The predicted octanol–water partition coefficient (Wildman–Crippen LogP) is 4.44. The lowest BCUT2D eigenvalue weighted by Crippen LogP contribution is -2.17. The molecular weight excluding hydrogens is 440 g/mol. The number of hydrogen-bond acceptors (Lipinski definition) is 6. The molecule has 3 aromatic carbocycles. The minimum atomic E-state index is -0.353. The molecule has 1 amide bonds. The molecule has 0 aliphatic carbocycles.